The Kier molecular flexibility index (Phi) is 17.3. The number of carboxylic acids is 1. The number of carbonyl (C=O) groups excluding carboxylic acids is 1. The van der Waals surface area contributed by atoms with Crippen LogP contribution in [0.25, 0.3) is 0 Å². The van der Waals surface area contributed by atoms with E-state index in [2.05, 4.69) is 5.32 Å². The molecule has 0 spiro atoms. The minimum atomic E-state index is -2.67. The highest BCUT2D eigenvalue weighted by Crippen LogP contribution is 2.18. The fourth-order valence-electron chi connectivity index (χ4n) is 3.48. The third-order valence-corrected chi connectivity index (χ3v) is 8.25. The maximum absolute atomic E-state index is 11.9. The number of unbranched alkanes of at least 4 members (excludes halogenated alkanes) is 3. The number of aliphatic carboxylic acids is 1. The molecule has 0 aliphatic heterocycles. The molecule has 1 rings (SSSR count). The molecule has 9 nitrogen and oxygen atoms in total. The third kappa shape index (κ3) is 14.9. The minimum absolute atomic E-state index is 0.389. The van der Waals surface area contributed by atoms with Crippen LogP contribution < -0.4 is 10.1 Å². The number of carbonyl (C=O) groups is 2. The molecule has 1 aromatic carbocycles. The predicted molar refractivity (Wildman–Crippen MR) is 140 cm³/mol. The Labute approximate surface area is 216 Å². The maximum atomic E-state index is 11.9. The van der Waals surface area contributed by atoms with E-state index in [-0.39, 0.29) is 0 Å². The second-order valence-corrected chi connectivity index (χ2v) is 10.7. The molecule has 10 heteroatoms. The molecule has 1 aromatic rings. The fraction of sp³-hybridized carbons (Fsp3) is 0.615. The molecule has 0 saturated heterocycles. The molecule has 2 N–H and O–H groups in total. The Bertz CT molecular complexity index is 740. The van der Waals surface area contributed by atoms with Gasteiger partial charge in [-0.1, -0.05) is 18.2 Å². The number of alkyl carbamates (subject to hydrolysis) is 1. The van der Waals surface area contributed by atoms with Crippen molar-refractivity contribution < 1.29 is 37.4 Å². The predicted octanol–water partition coefficient (Wildman–Crippen LogP) is 4.97. The van der Waals surface area contributed by atoms with Gasteiger partial charge in [0.15, 0.2) is 0 Å². The molecule has 0 aliphatic carbocycles. The molecule has 0 fully saturated rings. The van der Waals surface area contributed by atoms with Gasteiger partial charge in [0, 0.05) is 38.5 Å². The van der Waals surface area contributed by atoms with Crippen LogP contribution >= 0.6 is 0 Å². The van der Waals surface area contributed by atoms with Gasteiger partial charge in [-0.05, 0) is 77.0 Å². The molecule has 204 valence electrons. The summed E-state index contributed by atoms with van der Waals surface area (Å²) >= 11 is 0. The van der Waals surface area contributed by atoms with Crippen molar-refractivity contribution in [1.29, 1.82) is 0 Å². The standard InChI is InChI=1S/C26H43NO8Si/c1-4-33-36(34-5-2,35-6-3)22-12-19-27-26(30)32-21-10-8-7-9-20-31-24-17-15-23(16-18-24)13-11-14-25(28)29/h11,14-18H,4-10,12-13,19-22H2,1-3H3,(H,27,30)(H,28,29). The molecule has 0 aromatic heterocycles. The largest absolute Gasteiger partial charge is 0.500 e. The Morgan fingerprint density at radius 1 is 0.889 bits per heavy atom. The summed E-state index contributed by atoms with van der Waals surface area (Å²) < 4.78 is 28.4. The molecule has 36 heavy (non-hydrogen) atoms. The van der Waals surface area contributed by atoms with Gasteiger partial charge >= 0.3 is 20.9 Å². The molecule has 0 radical (unpaired) electrons. The van der Waals surface area contributed by atoms with Gasteiger partial charge in [0.25, 0.3) is 0 Å². The van der Waals surface area contributed by atoms with Gasteiger partial charge in [-0.25, -0.2) is 9.59 Å². The van der Waals surface area contributed by atoms with Crippen LogP contribution in [0, 0.1) is 0 Å². The van der Waals surface area contributed by atoms with Gasteiger partial charge in [0.05, 0.1) is 13.2 Å². The Balaban J connectivity index is 2.07. The lowest BCUT2D eigenvalue weighted by Crippen LogP contribution is -2.46. The number of rotatable bonds is 21. The smallest absolute Gasteiger partial charge is 0.494 e. The molecule has 0 unspecified atom stereocenters. The average Bonchev–Trinajstić information content (AvgIpc) is 2.85. The molecular formula is C26H43NO8Si. The van der Waals surface area contributed by atoms with Crippen LogP contribution in [0.2, 0.25) is 6.04 Å². The van der Waals surface area contributed by atoms with Crippen LogP contribution in [-0.4, -0.2) is 65.6 Å². The SMILES string of the molecule is CCO[Si](CCCNC(=O)OCCCCCCOc1ccc(CC=CC(=O)O)cc1)(OCC)OCC. The number of carboxylic acid groups (broad SMARTS) is 1. The van der Waals surface area contributed by atoms with Gasteiger partial charge < -0.3 is 33.2 Å². The van der Waals surface area contributed by atoms with Crippen LogP contribution in [0.5, 0.6) is 5.75 Å². The normalized spacial score (nSPS) is 11.5. The topological polar surface area (TPSA) is 113 Å². The highest BCUT2D eigenvalue weighted by molar-refractivity contribution is 6.60. The van der Waals surface area contributed by atoms with Crippen molar-refractivity contribution in [1.82, 2.24) is 5.32 Å². The van der Waals surface area contributed by atoms with E-state index in [4.69, 9.17) is 27.9 Å². The van der Waals surface area contributed by atoms with Crippen LogP contribution in [0.15, 0.2) is 36.4 Å². The van der Waals surface area contributed by atoms with Crippen LogP contribution in [0.3, 0.4) is 0 Å². The number of hydrogen-bond acceptors (Lipinski definition) is 7. The summed E-state index contributed by atoms with van der Waals surface area (Å²) in [5.74, 6) is -0.146. The van der Waals surface area contributed by atoms with Gasteiger partial charge in [0.2, 0.25) is 0 Å². The van der Waals surface area contributed by atoms with E-state index in [9.17, 15) is 9.59 Å². The zero-order chi connectivity index (χ0) is 26.5. The lowest BCUT2D eigenvalue weighted by atomic mass is 10.1. The van der Waals surface area contributed by atoms with Crippen LogP contribution in [0.1, 0.15) is 58.4 Å². The summed E-state index contributed by atoms with van der Waals surface area (Å²) in [6.07, 6.45) is 7.30. The fourth-order valence-corrected chi connectivity index (χ4v) is 6.09. The van der Waals surface area contributed by atoms with E-state index in [0.29, 0.717) is 58.5 Å². The van der Waals surface area contributed by atoms with E-state index >= 15 is 0 Å². The lowest BCUT2D eigenvalue weighted by Gasteiger charge is -2.28. The number of benzene rings is 1. The van der Waals surface area contributed by atoms with Crippen molar-refractivity contribution in [3.05, 3.63) is 42.0 Å². The quantitative estimate of drug-likeness (QED) is 0.131. The Hall–Kier alpha value is -2.40. The third-order valence-electron chi connectivity index (χ3n) is 5.10. The number of nitrogens with one attached hydrogen (secondary N) is 1. The van der Waals surface area contributed by atoms with Gasteiger partial charge in [-0.3, -0.25) is 0 Å². The van der Waals surface area contributed by atoms with E-state index < -0.39 is 20.9 Å². The highest BCUT2D eigenvalue weighted by Gasteiger charge is 2.39. The molecule has 0 saturated carbocycles. The van der Waals surface area contributed by atoms with E-state index in [1.54, 1.807) is 6.08 Å². The van der Waals surface area contributed by atoms with Crippen molar-refractivity contribution in [2.24, 2.45) is 0 Å². The van der Waals surface area contributed by atoms with Crippen molar-refractivity contribution in [3.8, 4) is 5.75 Å². The van der Waals surface area contributed by atoms with Crippen molar-refractivity contribution in [2.75, 3.05) is 39.6 Å². The number of hydrogen-bond donors (Lipinski definition) is 2. The highest BCUT2D eigenvalue weighted by atomic mass is 28.4. The first kappa shape index (κ1) is 31.6. The first-order valence-corrected chi connectivity index (χ1v) is 14.8. The molecule has 1 amide bonds. The summed E-state index contributed by atoms with van der Waals surface area (Å²) in [5.41, 5.74) is 1.03. The van der Waals surface area contributed by atoms with Gasteiger partial charge in [-0.15, -0.1) is 0 Å². The van der Waals surface area contributed by atoms with Gasteiger partial charge in [-0.2, -0.15) is 0 Å². The van der Waals surface area contributed by atoms with E-state index in [1.807, 2.05) is 45.0 Å². The summed E-state index contributed by atoms with van der Waals surface area (Å²) in [7, 11) is -2.67. The monoisotopic (exact) mass is 525 g/mol. The lowest BCUT2D eigenvalue weighted by molar-refractivity contribution is -0.131. The van der Waals surface area contributed by atoms with E-state index in [1.165, 1.54) is 0 Å². The molecular weight excluding hydrogens is 482 g/mol. The zero-order valence-electron chi connectivity index (χ0n) is 22.0. The number of ether oxygens (including phenoxy) is 2. The first-order valence-electron chi connectivity index (χ1n) is 12.9. The minimum Gasteiger partial charge on any atom is -0.494 e. The maximum Gasteiger partial charge on any atom is 0.500 e. The summed E-state index contributed by atoms with van der Waals surface area (Å²) in [6.45, 7) is 8.88. The average molecular weight is 526 g/mol. The van der Waals surface area contributed by atoms with Crippen LogP contribution in [-0.2, 0) is 29.2 Å². The van der Waals surface area contributed by atoms with Gasteiger partial charge in [0.1, 0.15) is 5.75 Å². The number of allylic oxidation sites excluding steroid dienone is 1. The van der Waals surface area contributed by atoms with Crippen molar-refractivity contribution in [3.63, 3.8) is 0 Å². The zero-order valence-corrected chi connectivity index (χ0v) is 23.0. The van der Waals surface area contributed by atoms with Crippen LogP contribution in [0.4, 0.5) is 4.79 Å². The summed E-state index contributed by atoms with van der Waals surface area (Å²) in [4.78, 5) is 22.4. The van der Waals surface area contributed by atoms with E-state index in [0.717, 1.165) is 43.1 Å². The molecule has 0 bridgehead atoms. The second kappa shape index (κ2) is 19.7. The summed E-state index contributed by atoms with van der Waals surface area (Å²) in [5, 5.41) is 11.4. The Morgan fingerprint density at radius 2 is 1.50 bits per heavy atom. The first-order chi connectivity index (χ1) is 17.4. The van der Waals surface area contributed by atoms with Crippen molar-refractivity contribution >= 4 is 20.9 Å². The molecule has 0 atom stereocenters. The second-order valence-electron chi connectivity index (χ2n) is 8.00. The number of amides is 1. The summed E-state index contributed by atoms with van der Waals surface area (Å²) in [6, 6.07) is 8.30. The molecule has 0 aliphatic rings. The molecule has 0 heterocycles. The Morgan fingerprint density at radius 3 is 2.08 bits per heavy atom. The van der Waals surface area contributed by atoms with Crippen molar-refractivity contribution in [2.45, 2.75) is 65.3 Å².